The number of rotatable bonds is 4. The molecule has 0 spiro atoms. The molecule has 0 saturated carbocycles. The van der Waals surface area contributed by atoms with Crippen molar-refractivity contribution in [3.8, 4) is 0 Å². The fraction of sp³-hybridized carbons (Fsp3) is 0.111. The Morgan fingerprint density at radius 2 is 1.96 bits per heavy atom. The van der Waals surface area contributed by atoms with Crippen molar-refractivity contribution in [2.45, 2.75) is 13.5 Å². The third-order valence-corrected chi connectivity index (χ3v) is 4.27. The lowest BCUT2D eigenvalue weighted by Gasteiger charge is -2.09. The van der Waals surface area contributed by atoms with Crippen molar-refractivity contribution >= 4 is 44.8 Å². The zero-order valence-electron chi connectivity index (χ0n) is 13.5. The van der Waals surface area contributed by atoms with Gasteiger partial charge >= 0.3 is 0 Å². The van der Waals surface area contributed by atoms with Crippen LogP contribution in [0.25, 0.3) is 0 Å². The second kappa shape index (κ2) is 7.76. The summed E-state index contributed by atoms with van der Waals surface area (Å²) < 4.78 is 15.5. The molecule has 128 valence electrons. The number of halogens is 2. The van der Waals surface area contributed by atoms with Gasteiger partial charge in [0.1, 0.15) is 5.82 Å². The summed E-state index contributed by atoms with van der Waals surface area (Å²) in [6, 6.07) is 14.3. The van der Waals surface area contributed by atoms with Crippen LogP contribution < -0.4 is 10.6 Å². The van der Waals surface area contributed by atoms with Crippen LogP contribution in [-0.2, 0) is 6.54 Å². The molecule has 25 heavy (non-hydrogen) atoms. The van der Waals surface area contributed by atoms with Gasteiger partial charge in [0.25, 0.3) is 0 Å². The Morgan fingerprint density at radius 1 is 1.20 bits per heavy atom. The first kappa shape index (κ1) is 17.6. The molecule has 0 aliphatic heterocycles. The summed E-state index contributed by atoms with van der Waals surface area (Å²) in [6.45, 7) is 2.56. The van der Waals surface area contributed by atoms with E-state index in [0.29, 0.717) is 17.5 Å². The average Bonchev–Trinajstić information content (AvgIpc) is 2.89. The number of aryl methyl sites for hydroxylation is 1. The molecule has 0 radical (unpaired) electrons. The summed E-state index contributed by atoms with van der Waals surface area (Å²) in [6.07, 6.45) is 1.85. The summed E-state index contributed by atoms with van der Waals surface area (Å²) in [4.78, 5) is 0. The Kier molecular flexibility index (Phi) is 5.45. The average molecular weight is 419 g/mol. The van der Waals surface area contributed by atoms with Crippen LogP contribution in [0, 0.1) is 12.7 Å². The van der Waals surface area contributed by atoms with Crippen molar-refractivity contribution in [3.05, 3.63) is 76.1 Å². The van der Waals surface area contributed by atoms with E-state index in [2.05, 4.69) is 31.7 Å². The zero-order chi connectivity index (χ0) is 17.8. The maximum absolute atomic E-state index is 13.0. The minimum absolute atomic E-state index is 0.250. The Hall–Kier alpha value is -2.25. The summed E-state index contributed by atoms with van der Waals surface area (Å²) in [5.74, 6) is 0.368. The minimum Gasteiger partial charge on any atom is -0.332 e. The molecular formula is C18H16BrFN4S. The molecule has 1 aromatic heterocycles. The highest BCUT2D eigenvalue weighted by molar-refractivity contribution is 9.10. The van der Waals surface area contributed by atoms with Gasteiger partial charge in [0.05, 0.1) is 11.0 Å². The molecule has 3 aromatic rings. The van der Waals surface area contributed by atoms with Crippen molar-refractivity contribution in [3.63, 3.8) is 0 Å². The molecular weight excluding hydrogens is 403 g/mol. The van der Waals surface area contributed by atoms with Gasteiger partial charge in [-0.05, 0) is 70.5 Å². The first-order valence-corrected chi connectivity index (χ1v) is 8.82. The third kappa shape index (κ3) is 4.87. The first-order chi connectivity index (χ1) is 12.0. The fourth-order valence-electron chi connectivity index (χ4n) is 2.33. The minimum atomic E-state index is -0.250. The van der Waals surface area contributed by atoms with Gasteiger partial charge in [0, 0.05) is 11.9 Å². The Balaban J connectivity index is 1.65. The number of nitrogens with one attached hydrogen (secondary N) is 2. The highest BCUT2D eigenvalue weighted by Gasteiger charge is 2.09. The molecule has 3 rings (SSSR count). The second-order valence-electron chi connectivity index (χ2n) is 5.60. The number of nitrogens with zero attached hydrogens (tertiary/aromatic N) is 2. The molecule has 0 bridgehead atoms. The first-order valence-electron chi connectivity index (χ1n) is 7.62. The third-order valence-electron chi connectivity index (χ3n) is 3.48. The number of benzene rings is 2. The van der Waals surface area contributed by atoms with E-state index in [1.807, 2.05) is 37.4 Å². The van der Waals surface area contributed by atoms with E-state index in [1.54, 1.807) is 16.8 Å². The second-order valence-corrected chi connectivity index (χ2v) is 6.86. The van der Waals surface area contributed by atoms with Gasteiger partial charge in [-0.25, -0.2) is 4.39 Å². The van der Waals surface area contributed by atoms with Gasteiger partial charge in [-0.15, -0.1) is 0 Å². The maximum atomic E-state index is 13.0. The lowest BCUT2D eigenvalue weighted by atomic mass is 10.2. The Morgan fingerprint density at radius 3 is 2.68 bits per heavy atom. The zero-order valence-corrected chi connectivity index (χ0v) is 15.9. The smallest absolute Gasteiger partial charge is 0.176 e. The van der Waals surface area contributed by atoms with Gasteiger partial charge in [-0.1, -0.05) is 24.3 Å². The molecule has 0 amide bonds. The molecule has 0 atom stereocenters. The van der Waals surface area contributed by atoms with E-state index in [0.717, 1.165) is 21.3 Å². The van der Waals surface area contributed by atoms with Crippen LogP contribution in [0.2, 0.25) is 0 Å². The maximum Gasteiger partial charge on any atom is 0.176 e. The SMILES string of the molecule is Cc1cccc(NC(=S)Nc2nn(Cc3ccc(F)cc3)cc2Br)c1. The fourth-order valence-corrected chi connectivity index (χ4v) is 2.96. The van der Waals surface area contributed by atoms with Crippen molar-refractivity contribution in [1.82, 2.24) is 9.78 Å². The quantitative estimate of drug-likeness (QED) is 0.588. The van der Waals surface area contributed by atoms with Crippen LogP contribution in [0.1, 0.15) is 11.1 Å². The number of aromatic nitrogens is 2. The summed E-state index contributed by atoms with van der Waals surface area (Å²) in [5.41, 5.74) is 3.03. The van der Waals surface area contributed by atoms with E-state index >= 15 is 0 Å². The van der Waals surface area contributed by atoms with Gasteiger partial charge in [0.15, 0.2) is 10.9 Å². The van der Waals surface area contributed by atoms with Crippen LogP contribution in [0.3, 0.4) is 0 Å². The Bertz CT molecular complexity index is 892. The summed E-state index contributed by atoms with van der Waals surface area (Å²) >= 11 is 8.81. The standard InChI is InChI=1S/C18H16BrFN4S/c1-12-3-2-4-15(9-12)21-18(25)22-17-16(19)11-24(23-17)10-13-5-7-14(20)8-6-13/h2-9,11H,10H2,1H3,(H2,21,22,23,25). The molecule has 0 aliphatic rings. The normalized spacial score (nSPS) is 10.5. The molecule has 0 saturated heterocycles. The van der Waals surface area contributed by atoms with Gasteiger partial charge in [0.2, 0.25) is 0 Å². The molecule has 2 aromatic carbocycles. The van der Waals surface area contributed by atoms with Crippen LogP contribution in [0.5, 0.6) is 0 Å². The van der Waals surface area contributed by atoms with E-state index < -0.39 is 0 Å². The molecule has 0 unspecified atom stereocenters. The van der Waals surface area contributed by atoms with E-state index in [1.165, 1.54) is 12.1 Å². The molecule has 4 nitrogen and oxygen atoms in total. The van der Waals surface area contributed by atoms with Crippen molar-refractivity contribution in [1.29, 1.82) is 0 Å². The van der Waals surface area contributed by atoms with Crippen molar-refractivity contribution in [2.24, 2.45) is 0 Å². The van der Waals surface area contributed by atoms with Crippen molar-refractivity contribution in [2.75, 3.05) is 10.6 Å². The van der Waals surface area contributed by atoms with Gasteiger partial charge < -0.3 is 10.6 Å². The largest absolute Gasteiger partial charge is 0.332 e. The van der Waals surface area contributed by atoms with E-state index in [4.69, 9.17) is 12.2 Å². The molecule has 2 N–H and O–H groups in total. The lowest BCUT2D eigenvalue weighted by molar-refractivity contribution is 0.624. The van der Waals surface area contributed by atoms with Crippen LogP contribution >= 0.6 is 28.1 Å². The molecule has 0 fully saturated rings. The van der Waals surface area contributed by atoms with Crippen LogP contribution in [0.15, 0.2) is 59.2 Å². The number of anilines is 2. The number of thiocarbonyl (C=S) groups is 1. The summed E-state index contributed by atoms with van der Waals surface area (Å²) in [7, 11) is 0. The molecule has 0 aliphatic carbocycles. The highest BCUT2D eigenvalue weighted by Crippen LogP contribution is 2.21. The van der Waals surface area contributed by atoms with Crippen LogP contribution in [-0.4, -0.2) is 14.9 Å². The van der Waals surface area contributed by atoms with E-state index in [-0.39, 0.29) is 5.82 Å². The van der Waals surface area contributed by atoms with E-state index in [9.17, 15) is 4.39 Å². The van der Waals surface area contributed by atoms with Gasteiger partial charge in [-0.3, -0.25) is 4.68 Å². The number of hydrogen-bond acceptors (Lipinski definition) is 2. The van der Waals surface area contributed by atoms with Gasteiger partial charge in [-0.2, -0.15) is 5.10 Å². The predicted octanol–water partition coefficient (Wildman–Crippen LogP) is 4.95. The predicted molar refractivity (Wildman–Crippen MR) is 106 cm³/mol. The molecule has 1 heterocycles. The topological polar surface area (TPSA) is 41.9 Å². The Labute approximate surface area is 159 Å². The monoisotopic (exact) mass is 418 g/mol. The van der Waals surface area contributed by atoms with Crippen molar-refractivity contribution < 1.29 is 4.39 Å². The lowest BCUT2D eigenvalue weighted by Crippen LogP contribution is -2.19. The summed E-state index contributed by atoms with van der Waals surface area (Å²) in [5, 5.41) is 11.1. The highest BCUT2D eigenvalue weighted by atomic mass is 79.9. The number of hydrogen-bond donors (Lipinski definition) is 2. The molecule has 7 heteroatoms. The van der Waals surface area contributed by atoms with Crippen LogP contribution in [0.4, 0.5) is 15.9 Å².